The fourth-order valence-corrected chi connectivity index (χ4v) is 5.33. The van der Waals surface area contributed by atoms with Crippen LogP contribution in [0.25, 0.3) is 15.3 Å². The summed E-state index contributed by atoms with van der Waals surface area (Å²) in [6, 6.07) is 19.7. The molecule has 201 valence electrons. The van der Waals surface area contributed by atoms with Crippen LogP contribution >= 0.6 is 0 Å². The first kappa shape index (κ1) is 28.3. The molecule has 0 spiro atoms. The second kappa shape index (κ2) is 11.6. The molecule has 0 bridgehead atoms. The van der Waals surface area contributed by atoms with E-state index in [1.807, 2.05) is 24.3 Å². The normalized spacial score (nSPS) is 27.2. The van der Waals surface area contributed by atoms with E-state index in [1.54, 1.807) is 12.1 Å². The van der Waals surface area contributed by atoms with Crippen LogP contribution < -0.4 is 4.65 Å². The van der Waals surface area contributed by atoms with Gasteiger partial charge in [0.15, 0.2) is 0 Å². The van der Waals surface area contributed by atoms with Crippen LogP contribution in [-0.4, -0.2) is 38.7 Å². The third-order valence-electron chi connectivity index (χ3n) is 6.91. The molecule has 0 heterocycles. The summed E-state index contributed by atoms with van der Waals surface area (Å²) in [5.74, 6) is 1.43. The first-order valence-electron chi connectivity index (χ1n) is 12.0. The van der Waals surface area contributed by atoms with E-state index in [1.165, 1.54) is 17.2 Å². The minimum atomic E-state index is -5.55. The van der Waals surface area contributed by atoms with E-state index in [2.05, 4.69) is 48.9 Å². The van der Waals surface area contributed by atoms with Gasteiger partial charge in [0, 0.05) is 6.42 Å². The van der Waals surface area contributed by atoms with Crippen LogP contribution in [0.1, 0.15) is 18.4 Å². The van der Waals surface area contributed by atoms with Crippen LogP contribution in [0, 0.1) is 36.8 Å². The van der Waals surface area contributed by atoms with Crippen LogP contribution in [0.4, 0.5) is 13.2 Å². The smallest absolute Gasteiger partial charge is 0.537 e. The highest BCUT2D eigenvalue weighted by atomic mass is 32.2. The average Bonchev–Trinajstić information content (AvgIpc) is 3.61. The van der Waals surface area contributed by atoms with Gasteiger partial charge in [-0.15, -0.1) is 0 Å². The summed E-state index contributed by atoms with van der Waals surface area (Å²) in [7, 11) is -4.89. The average molecular weight is 555 g/mol. The van der Waals surface area contributed by atoms with Gasteiger partial charge in [-0.05, 0) is 35.8 Å². The van der Waals surface area contributed by atoms with Crippen molar-refractivity contribution >= 4 is 23.4 Å². The van der Waals surface area contributed by atoms with Crippen molar-refractivity contribution in [3.8, 4) is 5.75 Å². The van der Waals surface area contributed by atoms with E-state index in [4.69, 9.17) is 18.2 Å². The summed E-state index contributed by atoms with van der Waals surface area (Å²) in [6.07, 6.45) is 4.81. The Bertz CT molecular complexity index is 1420. The number of fused-ring (bicyclic) bond motifs is 2. The Morgan fingerprint density at radius 3 is 1.85 bits per heavy atom. The molecule has 39 heavy (non-hydrogen) atoms. The summed E-state index contributed by atoms with van der Waals surface area (Å²) in [6.45, 7) is 13.7. The van der Waals surface area contributed by atoms with Gasteiger partial charge in [0.05, 0.1) is 29.4 Å². The summed E-state index contributed by atoms with van der Waals surface area (Å²) >= 11 is 0. The molecule has 2 saturated carbocycles. The number of benzene rings is 2. The SMILES string of the molecule is O[B]Oc1ccccc1.[C-]#[N+][C@@H]1[C@H]2C=C(OS(=O)(=O)C(F)(F)F)C[C@H]21.[C-]#[N+][C@@H]1[C@H]2C=C(c3ccccc3)C[C@H]21. The molecule has 12 heteroatoms. The van der Waals surface area contributed by atoms with Crippen LogP contribution in [0.3, 0.4) is 0 Å². The van der Waals surface area contributed by atoms with Gasteiger partial charge in [0.1, 0.15) is 5.76 Å². The standard InChI is InChI=1S/C13H11N.C8H6F3NO3S.C6H6BO2/c1-14-13-11-7-10(8-12(11)13)9-5-3-2-4-6-9;1-12-7-5-2-4(3-6(5)7)15-16(13,14)8(9,10)11;8-7-9-6-4-2-1-3-5-6/h2-7,11-13H,8H2;2,5-7H,3H2;1-5,8H/t11-,12+,13+;5-,6+,7+;/m00./s1. The predicted octanol–water partition coefficient (Wildman–Crippen LogP) is 5.27. The number of nitrogens with zero attached hydrogens (tertiary/aromatic N) is 2. The van der Waals surface area contributed by atoms with E-state index in [-0.39, 0.29) is 30.1 Å². The summed E-state index contributed by atoms with van der Waals surface area (Å²) in [5.41, 5.74) is -2.62. The Balaban J connectivity index is 0.000000141. The molecular formula is C27H23BF3N2O5S. The van der Waals surface area contributed by atoms with Crippen LogP contribution in [0.5, 0.6) is 5.75 Å². The lowest BCUT2D eigenvalue weighted by Gasteiger charge is -2.10. The monoisotopic (exact) mass is 555 g/mol. The highest BCUT2D eigenvalue weighted by Gasteiger charge is 2.61. The highest BCUT2D eigenvalue weighted by Crippen LogP contribution is 2.55. The van der Waals surface area contributed by atoms with Gasteiger partial charge in [-0.2, -0.15) is 21.6 Å². The number of rotatable bonds is 5. The van der Waals surface area contributed by atoms with E-state index in [0.29, 0.717) is 31.3 Å². The molecule has 6 rings (SSSR count). The zero-order valence-corrected chi connectivity index (χ0v) is 21.2. The molecular weight excluding hydrogens is 532 g/mol. The van der Waals surface area contributed by atoms with Crippen molar-refractivity contribution < 1.29 is 35.5 Å². The Hall–Kier alpha value is -3.74. The van der Waals surface area contributed by atoms with Gasteiger partial charge in [-0.1, -0.05) is 54.6 Å². The third-order valence-corrected chi connectivity index (χ3v) is 7.91. The first-order valence-corrected chi connectivity index (χ1v) is 13.4. The molecule has 1 radical (unpaired) electrons. The summed E-state index contributed by atoms with van der Waals surface area (Å²) in [4.78, 5) is 6.86. The maximum Gasteiger partial charge on any atom is 0.569 e. The van der Waals surface area contributed by atoms with E-state index >= 15 is 0 Å². The van der Waals surface area contributed by atoms with Gasteiger partial charge in [-0.25, -0.2) is 13.1 Å². The minimum Gasteiger partial charge on any atom is -0.537 e. The number of hydrogen-bond donors (Lipinski definition) is 1. The Morgan fingerprint density at radius 1 is 0.872 bits per heavy atom. The van der Waals surface area contributed by atoms with Crippen LogP contribution in [0.15, 0.2) is 78.6 Å². The van der Waals surface area contributed by atoms with E-state index in [0.717, 1.165) is 6.42 Å². The van der Waals surface area contributed by atoms with Crippen molar-refractivity contribution in [3.05, 3.63) is 107 Å². The Kier molecular flexibility index (Phi) is 8.38. The molecule has 2 aromatic carbocycles. The van der Waals surface area contributed by atoms with Crippen molar-refractivity contribution in [1.29, 1.82) is 0 Å². The number of para-hydroxylation sites is 1. The maximum absolute atomic E-state index is 11.9. The summed E-state index contributed by atoms with van der Waals surface area (Å²) < 4.78 is 65.7. The molecule has 0 amide bonds. The topological polar surface area (TPSA) is 81.5 Å². The third kappa shape index (κ3) is 6.65. The van der Waals surface area contributed by atoms with Crippen molar-refractivity contribution in [2.24, 2.45) is 23.7 Å². The van der Waals surface area contributed by atoms with E-state index in [9.17, 15) is 21.6 Å². The van der Waals surface area contributed by atoms with Crippen LogP contribution in [0.2, 0.25) is 0 Å². The number of halogens is 3. The Morgan fingerprint density at radius 2 is 1.41 bits per heavy atom. The molecule has 0 saturated heterocycles. The fourth-order valence-electron chi connectivity index (χ4n) is 4.83. The molecule has 4 aliphatic rings. The lowest BCUT2D eigenvalue weighted by atomic mass is 10.0. The van der Waals surface area contributed by atoms with Gasteiger partial charge >= 0.3 is 23.3 Å². The van der Waals surface area contributed by atoms with E-state index < -0.39 is 15.6 Å². The molecule has 2 aromatic rings. The second-order valence-electron chi connectivity index (χ2n) is 9.34. The minimum absolute atomic E-state index is 0.0732. The van der Waals surface area contributed by atoms with Crippen molar-refractivity contribution in [2.45, 2.75) is 30.4 Å². The molecule has 1 N–H and O–H groups in total. The number of allylic oxidation sites excluding steroid dienone is 2. The van der Waals surface area contributed by atoms with Crippen molar-refractivity contribution in [2.75, 3.05) is 0 Å². The molecule has 6 atom stereocenters. The molecule has 2 fully saturated rings. The number of alkyl halides is 3. The lowest BCUT2D eigenvalue weighted by molar-refractivity contribution is -0.0523. The quantitative estimate of drug-likeness (QED) is 0.235. The zero-order valence-electron chi connectivity index (χ0n) is 20.4. The highest BCUT2D eigenvalue weighted by molar-refractivity contribution is 7.87. The molecule has 7 nitrogen and oxygen atoms in total. The van der Waals surface area contributed by atoms with Gasteiger partial charge < -0.3 is 23.6 Å². The largest absolute Gasteiger partial charge is 0.569 e. The maximum atomic E-state index is 11.9. The van der Waals surface area contributed by atoms with Crippen LogP contribution in [-0.2, 0) is 14.3 Å². The fraction of sp³-hybridized carbons (Fsp3) is 0.333. The summed E-state index contributed by atoms with van der Waals surface area (Å²) in [5, 5.41) is 8.17. The molecule has 0 unspecified atom stereocenters. The molecule has 4 aliphatic carbocycles. The molecule has 0 aromatic heterocycles. The second-order valence-corrected chi connectivity index (χ2v) is 10.9. The van der Waals surface area contributed by atoms with Gasteiger partial charge in [0.25, 0.3) is 0 Å². The van der Waals surface area contributed by atoms with Gasteiger partial charge in [-0.3, -0.25) is 0 Å². The zero-order chi connectivity index (χ0) is 28.2. The molecule has 0 aliphatic heterocycles. The van der Waals surface area contributed by atoms with Crippen molar-refractivity contribution in [1.82, 2.24) is 0 Å². The van der Waals surface area contributed by atoms with Gasteiger partial charge in [0.2, 0.25) is 12.1 Å². The van der Waals surface area contributed by atoms with Crippen molar-refractivity contribution in [3.63, 3.8) is 0 Å². The lowest BCUT2D eigenvalue weighted by Crippen LogP contribution is -2.25. The first-order chi connectivity index (χ1) is 18.6. The number of hydrogen-bond acceptors (Lipinski definition) is 5. The predicted molar refractivity (Wildman–Crippen MR) is 138 cm³/mol. The Labute approximate surface area is 225 Å².